The van der Waals surface area contributed by atoms with E-state index in [1.54, 1.807) is 12.1 Å². The molecule has 1 heterocycles. The molecule has 0 radical (unpaired) electrons. The Morgan fingerprint density at radius 2 is 2.00 bits per heavy atom. The van der Waals surface area contributed by atoms with Gasteiger partial charge < -0.3 is 10.8 Å². The van der Waals surface area contributed by atoms with Crippen LogP contribution >= 0.6 is 0 Å². The quantitative estimate of drug-likeness (QED) is 0.635. The van der Waals surface area contributed by atoms with Crippen LogP contribution in [0.25, 0.3) is 11.8 Å². The number of hydrogen-bond donors (Lipinski definition) is 2. The Balaban J connectivity index is 1.45. The first-order valence-electron chi connectivity index (χ1n) is 11.0. The van der Waals surface area contributed by atoms with Gasteiger partial charge in [-0.2, -0.15) is 5.10 Å². The highest BCUT2D eigenvalue weighted by molar-refractivity contribution is 5.94. The fourth-order valence-electron chi connectivity index (χ4n) is 5.50. The van der Waals surface area contributed by atoms with E-state index >= 15 is 0 Å². The first kappa shape index (κ1) is 20.6. The number of hydrogen-bond acceptors (Lipinski definition) is 3. The molecule has 0 saturated heterocycles. The molecule has 1 amide bonds. The third-order valence-corrected chi connectivity index (χ3v) is 7.44. The zero-order valence-electron chi connectivity index (χ0n) is 18.0. The lowest BCUT2D eigenvalue weighted by atomic mass is 9.65. The van der Waals surface area contributed by atoms with Crippen molar-refractivity contribution in [2.45, 2.75) is 44.6 Å². The fourth-order valence-corrected chi connectivity index (χ4v) is 5.50. The van der Waals surface area contributed by atoms with E-state index in [-0.39, 0.29) is 5.56 Å². The predicted octanol–water partition coefficient (Wildman–Crippen LogP) is 4.21. The van der Waals surface area contributed by atoms with Crippen molar-refractivity contribution in [3.05, 3.63) is 88.5 Å². The summed E-state index contributed by atoms with van der Waals surface area (Å²) in [7, 11) is 0. The number of benzene rings is 2. The number of nitrogens with zero attached hydrogens (tertiary/aromatic N) is 2. The molecule has 0 bridgehead atoms. The summed E-state index contributed by atoms with van der Waals surface area (Å²) in [6.45, 7) is 2.11. The Bertz CT molecular complexity index is 1230. The van der Waals surface area contributed by atoms with E-state index in [0.29, 0.717) is 31.2 Å². The lowest BCUT2D eigenvalue weighted by Gasteiger charge is -2.42. The summed E-state index contributed by atoms with van der Waals surface area (Å²) in [6.07, 6.45) is 6.96. The number of aromatic nitrogens is 2. The van der Waals surface area contributed by atoms with Crippen LogP contribution in [0, 0.1) is 11.2 Å². The van der Waals surface area contributed by atoms with Gasteiger partial charge in [-0.05, 0) is 67.5 Å². The highest BCUT2D eigenvalue weighted by Gasteiger charge is 2.54. The largest absolute Gasteiger partial charge is 0.389 e. The number of primary amides is 1. The second kappa shape index (κ2) is 7.41. The predicted molar refractivity (Wildman–Crippen MR) is 121 cm³/mol. The number of carbonyl (C=O) groups is 1. The standard InChI is InChI=1S/C26H26FN3O2/c1-25-15-18-16-29-30(20-7-3-2-4-8-20)22(18)14-19(25)11-13-26(25,32)12-10-17-6-5-9-21(27)23(17)24(28)31/h2-9,14,16,32H,10-13,15H2,1H3,(H2,28,31)/t25-,26-/m0/s1. The fraction of sp³-hybridized carbons (Fsp3) is 0.308. The molecule has 0 aliphatic heterocycles. The van der Waals surface area contributed by atoms with Gasteiger partial charge in [0.1, 0.15) is 5.82 Å². The normalized spacial score (nSPS) is 24.0. The van der Waals surface area contributed by atoms with Crippen LogP contribution in [0.2, 0.25) is 0 Å². The van der Waals surface area contributed by atoms with E-state index in [1.807, 2.05) is 41.2 Å². The molecule has 0 spiro atoms. The van der Waals surface area contributed by atoms with Gasteiger partial charge in [0.2, 0.25) is 0 Å². The van der Waals surface area contributed by atoms with E-state index in [1.165, 1.54) is 11.6 Å². The molecule has 2 aromatic carbocycles. The number of rotatable bonds is 5. The summed E-state index contributed by atoms with van der Waals surface area (Å²) in [5, 5.41) is 16.4. The van der Waals surface area contributed by atoms with Crippen LogP contribution in [0.4, 0.5) is 4.39 Å². The van der Waals surface area contributed by atoms with Crippen LogP contribution < -0.4 is 5.73 Å². The summed E-state index contributed by atoms with van der Waals surface area (Å²) in [4.78, 5) is 11.8. The zero-order chi connectivity index (χ0) is 22.5. The van der Waals surface area contributed by atoms with Crippen molar-refractivity contribution in [3.8, 4) is 5.69 Å². The third kappa shape index (κ3) is 3.09. The Hall–Kier alpha value is -3.25. The van der Waals surface area contributed by atoms with Gasteiger partial charge in [-0.3, -0.25) is 4.79 Å². The highest BCUT2D eigenvalue weighted by Crippen LogP contribution is 2.56. The molecule has 1 fully saturated rings. The second-order valence-electron chi connectivity index (χ2n) is 9.15. The number of halogens is 1. The van der Waals surface area contributed by atoms with E-state index in [0.717, 1.165) is 23.4 Å². The van der Waals surface area contributed by atoms with Crippen molar-refractivity contribution in [2.75, 3.05) is 0 Å². The number of aliphatic hydroxyl groups is 1. The number of nitrogens with two attached hydrogens (primary N) is 1. The third-order valence-electron chi connectivity index (χ3n) is 7.44. The first-order valence-corrected chi connectivity index (χ1v) is 11.0. The summed E-state index contributed by atoms with van der Waals surface area (Å²) in [5.41, 5.74) is 8.85. The minimum Gasteiger partial charge on any atom is -0.389 e. The monoisotopic (exact) mass is 431 g/mol. The van der Waals surface area contributed by atoms with Crippen LogP contribution in [0.5, 0.6) is 0 Å². The summed E-state index contributed by atoms with van der Waals surface area (Å²) in [5.74, 6) is -1.39. The van der Waals surface area contributed by atoms with Crippen molar-refractivity contribution in [1.29, 1.82) is 0 Å². The Morgan fingerprint density at radius 3 is 2.75 bits per heavy atom. The summed E-state index contributed by atoms with van der Waals surface area (Å²) >= 11 is 0. The van der Waals surface area contributed by atoms with Crippen molar-refractivity contribution in [1.82, 2.24) is 9.78 Å². The molecule has 6 heteroatoms. The van der Waals surface area contributed by atoms with Crippen molar-refractivity contribution < 1.29 is 14.3 Å². The van der Waals surface area contributed by atoms with Crippen LogP contribution in [0.3, 0.4) is 0 Å². The van der Waals surface area contributed by atoms with Crippen LogP contribution in [-0.2, 0) is 12.8 Å². The molecule has 32 heavy (non-hydrogen) atoms. The van der Waals surface area contributed by atoms with Gasteiger partial charge in [0.25, 0.3) is 5.91 Å². The average molecular weight is 432 g/mol. The maximum atomic E-state index is 14.2. The van der Waals surface area contributed by atoms with Crippen molar-refractivity contribution in [3.63, 3.8) is 0 Å². The smallest absolute Gasteiger partial charge is 0.251 e. The van der Waals surface area contributed by atoms with Crippen LogP contribution in [0.15, 0.2) is 60.3 Å². The minimum absolute atomic E-state index is 0.0786. The van der Waals surface area contributed by atoms with E-state index in [4.69, 9.17) is 5.73 Å². The van der Waals surface area contributed by atoms with Gasteiger partial charge >= 0.3 is 0 Å². The van der Waals surface area contributed by atoms with Gasteiger partial charge in [-0.25, -0.2) is 9.07 Å². The lowest BCUT2D eigenvalue weighted by Crippen LogP contribution is -2.45. The molecule has 164 valence electrons. The summed E-state index contributed by atoms with van der Waals surface area (Å²) < 4.78 is 16.1. The number of carbonyl (C=O) groups excluding carboxylic acids is 1. The van der Waals surface area contributed by atoms with Crippen molar-refractivity contribution >= 4 is 12.0 Å². The molecule has 2 aliphatic carbocycles. The Kier molecular flexibility index (Phi) is 4.78. The topological polar surface area (TPSA) is 81.1 Å². The molecule has 2 atom stereocenters. The minimum atomic E-state index is -0.966. The summed E-state index contributed by atoms with van der Waals surface area (Å²) in [6, 6.07) is 14.5. The number of fused-ring (bicyclic) bond motifs is 2. The zero-order valence-corrected chi connectivity index (χ0v) is 18.0. The molecule has 2 aliphatic rings. The number of aryl methyl sites for hydroxylation is 1. The highest BCUT2D eigenvalue weighted by atomic mass is 19.1. The Morgan fingerprint density at radius 1 is 1.22 bits per heavy atom. The molecular weight excluding hydrogens is 405 g/mol. The molecule has 3 aromatic rings. The van der Waals surface area contributed by atoms with Crippen LogP contribution in [-0.4, -0.2) is 26.4 Å². The molecule has 1 aromatic heterocycles. The van der Waals surface area contributed by atoms with Crippen molar-refractivity contribution in [2.24, 2.45) is 11.1 Å². The number of amides is 1. The van der Waals surface area contributed by atoms with Gasteiger partial charge in [-0.1, -0.05) is 42.8 Å². The lowest BCUT2D eigenvalue weighted by molar-refractivity contribution is -0.0462. The number of para-hydroxylation sites is 1. The van der Waals surface area contributed by atoms with Gasteiger partial charge in [0.05, 0.1) is 28.7 Å². The second-order valence-corrected chi connectivity index (χ2v) is 9.15. The molecular formula is C26H26FN3O2. The van der Waals surface area contributed by atoms with Gasteiger partial charge in [0, 0.05) is 5.41 Å². The van der Waals surface area contributed by atoms with Gasteiger partial charge in [-0.15, -0.1) is 0 Å². The van der Waals surface area contributed by atoms with E-state index < -0.39 is 22.7 Å². The van der Waals surface area contributed by atoms with E-state index in [2.05, 4.69) is 18.1 Å². The Labute approximate surface area is 186 Å². The molecule has 5 rings (SSSR count). The molecule has 3 N–H and O–H groups in total. The van der Waals surface area contributed by atoms with Gasteiger partial charge in [0.15, 0.2) is 0 Å². The average Bonchev–Trinajstić information content (AvgIpc) is 3.29. The molecule has 1 saturated carbocycles. The van der Waals surface area contributed by atoms with Crippen LogP contribution in [0.1, 0.15) is 53.4 Å². The maximum absolute atomic E-state index is 14.2. The molecule has 0 unspecified atom stereocenters. The van der Waals surface area contributed by atoms with E-state index in [9.17, 15) is 14.3 Å². The first-order chi connectivity index (χ1) is 15.3. The maximum Gasteiger partial charge on any atom is 0.251 e. The molecule has 5 nitrogen and oxygen atoms in total. The SMILES string of the molecule is C[C@]12Cc3cnn(-c4ccccc4)c3C=C1CC[C@@]2(O)CCc1cccc(F)c1C(N)=O.